The third-order valence-electron chi connectivity index (χ3n) is 2.85. The van der Waals surface area contributed by atoms with E-state index in [1.807, 2.05) is 0 Å². The van der Waals surface area contributed by atoms with Crippen LogP contribution in [0.15, 0.2) is 0 Å². The molecule has 98 valence electrons. The van der Waals surface area contributed by atoms with E-state index in [1.165, 1.54) is 38.2 Å². The van der Waals surface area contributed by atoms with Crippen molar-refractivity contribution < 1.29 is 14.3 Å². The Balaban J connectivity index is 2.05. The zero-order chi connectivity index (χ0) is 13.1. The van der Waals surface area contributed by atoms with Crippen molar-refractivity contribution in [3.63, 3.8) is 0 Å². The van der Waals surface area contributed by atoms with Crippen LogP contribution in [0.2, 0.25) is 0 Å². The van der Waals surface area contributed by atoms with Crippen molar-refractivity contribution in [2.24, 2.45) is 5.92 Å². The van der Waals surface area contributed by atoms with Crippen molar-refractivity contribution in [1.29, 1.82) is 0 Å². The van der Waals surface area contributed by atoms with Crippen molar-refractivity contribution >= 4 is 28.2 Å². The second kappa shape index (κ2) is 5.48. The molecule has 1 aromatic rings. The number of aromatic nitrogens is 1. The molecule has 1 aromatic heterocycles. The van der Waals surface area contributed by atoms with Crippen LogP contribution in [0.1, 0.15) is 46.3 Å². The van der Waals surface area contributed by atoms with Crippen molar-refractivity contribution in [2.45, 2.75) is 26.2 Å². The molecule has 0 atom stereocenters. The van der Waals surface area contributed by atoms with Gasteiger partial charge in [0.05, 0.1) is 7.11 Å². The number of methoxy groups -OCH3 is 1. The Hall–Kier alpha value is -1.43. The van der Waals surface area contributed by atoms with Crippen LogP contribution in [0.3, 0.4) is 0 Å². The van der Waals surface area contributed by atoms with Crippen molar-refractivity contribution in [1.82, 2.24) is 4.98 Å². The van der Waals surface area contributed by atoms with Crippen molar-refractivity contribution in [3.05, 3.63) is 10.6 Å². The largest absolute Gasteiger partial charge is 0.464 e. The Morgan fingerprint density at radius 2 is 2.22 bits per heavy atom. The standard InChI is InChI=1S/C12H16N2O3S/c1-7(15)10-9(11(16)17-2)14-12(18-10)13-6-5-8-3-4-8/h8H,3-6H2,1-2H3,(H,13,14). The molecule has 0 radical (unpaired) electrons. The van der Waals surface area contributed by atoms with Gasteiger partial charge in [0, 0.05) is 13.5 Å². The van der Waals surface area contributed by atoms with E-state index in [4.69, 9.17) is 0 Å². The fourth-order valence-corrected chi connectivity index (χ4v) is 2.53. The summed E-state index contributed by atoms with van der Waals surface area (Å²) in [6.07, 6.45) is 3.74. The van der Waals surface area contributed by atoms with Gasteiger partial charge in [0.25, 0.3) is 0 Å². The molecule has 5 nitrogen and oxygen atoms in total. The quantitative estimate of drug-likeness (QED) is 0.633. The normalized spacial score (nSPS) is 14.3. The van der Waals surface area contributed by atoms with Crippen LogP contribution in [-0.2, 0) is 4.74 Å². The predicted molar refractivity (Wildman–Crippen MR) is 69.3 cm³/mol. The van der Waals surface area contributed by atoms with Crippen LogP contribution in [0.25, 0.3) is 0 Å². The number of thiazole rings is 1. The molecule has 0 spiro atoms. The maximum atomic E-state index is 11.5. The summed E-state index contributed by atoms with van der Waals surface area (Å²) in [7, 11) is 1.28. The number of nitrogens with zero attached hydrogens (tertiary/aromatic N) is 1. The minimum absolute atomic E-state index is 0.115. The Morgan fingerprint density at radius 1 is 1.50 bits per heavy atom. The van der Waals surface area contributed by atoms with Crippen molar-refractivity contribution in [2.75, 3.05) is 19.0 Å². The van der Waals surface area contributed by atoms with Crippen LogP contribution in [0.5, 0.6) is 0 Å². The van der Waals surface area contributed by atoms with E-state index in [0.29, 0.717) is 10.0 Å². The zero-order valence-electron chi connectivity index (χ0n) is 10.5. The number of carbonyl (C=O) groups is 2. The Labute approximate surface area is 110 Å². The molecule has 0 unspecified atom stereocenters. The lowest BCUT2D eigenvalue weighted by Crippen LogP contribution is -2.07. The number of hydrogen-bond acceptors (Lipinski definition) is 6. The molecular formula is C12H16N2O3S. The van der Waals surface area contributed by atoms with Gasteiger partial charge in [-0.25, -0.2) is 9.78 Å². The molecule has 0 aromatic carbocycles. The third kappa shape index (κ3) is 3.07. The first-order chi connectivity index (χ1) is 8.61. The number of ether oxygens (including phenoxy) is 1. The van der Waals surface area contributed by atoms with Gasteiger partial charge in [0.1, 0.15) is 4.88 Å². The van der Waals surface area contributed by atoms with E-state index < -0.39 is 5.97 Å². The van der Waals surface area contributed by atoms with E-state index in [2.05, 4.69) is 15.0 Å². The van der Waals surface area contributed by atoms with Gasteiger partial charge in [-0.3, -0.25) is 4.79 Å². The van der Waals surface area contributed by atoms with Crippen LogP contribution in [-0.4, -0.2) is 30.4 Å². The number of hydrogen-bond donors (Lipinski definition) is 1. The molecule has 1 N–H and O–H groups in total. The minimum Gasteiger partial charge on any atom is -0.464 e. The smallest absolute Gasteiger partial charge is 0.358 e. The number of Topliss-reactive ketones (excluding diaryl/α,β-unsaturated/α-hetero) is 1. The molecule has 1 aliphatic carbocycles. The number of rotatable bonds is 6. The van der Waals surface area contributed by atoms with Crippen LogP contribution < -0.4 is 5.32 Å². The molecule has 18 heavy (non-hydrogen) atoms. The highest BCUT2D eigenvalue weighted by molar-refractivity contribution is 7.17. The summed E-state index contributed by atoms with van der Waals surface area (Å²) in [6.45, 7) is 2.25. The molecule has 0 saturated heterocycles. The number of nitrogens with one attached hydrogen (secondary N) is 1. The first-order valence-electron chi connectivity index (χ1n) is 5.95. The predicted octanol–water partition coefficient (Wildman–Crippen LogP) is 2.34. The van der Waals surface area contributed by atoms with Gasteiger partial charge in [0.15, 0.2) is 16.6 Å². The highest BCUT2D eigenvalue weighted by Crippen LogP contribution is 2.32. The van der Waals surface area contributed by atoms with E-state index >= 15 is 0 Å². The fourth-order valence-electron chi connectivity index (χ4n) is 1.66. The lowest BCUT2D eigenvalue weighted by molar-refractivity contribution is 0.0591. The Bertz CT molecular complexity index is 466. The molecule has 6 heteroatoms. The number of esters is 1. The zero-order valence-corrected chi connectivity index (χ0v) is 11.3. The fraction of sp³-hybridized carbons (Fsp3) is 0.583. The summed E-state index contributed by atoms with van der Waals surface area (Å²) in [5.41, 5.74) is 0.115. The maximum Gasteiger partial charge on any atom is 0.358 e. The molecule has 2 rings (SSSR count). The first kappa shape index (κ1) is 13.0. The number of anilines is 1. The van der Waals surface area contributed by atoms with E-state index in [0.717, 1.165) is 18.9 Å². The summed E-state index contributed by atoms with van der Waals surface area (Å²) < 4.78 is 4.62. The summed E-state index contributed by atoms with van der Waals surface area (Å²) >= 11 is 1.21. The highest BCUT2D eigenvalue weighted by Gasteiger charge is 2.23. The SMILES string of the molecule is COC(=O)c1nc(NCCC2CC2)sc1C(C)=O. The molecule has 0 aliphatic heterocycles. The van der Waals surface area contributed by atoms with E-state index in [1.54, 1.807) is 0 Å². The van der Waals surface area contributed by atoms with E-state index in [9.17, 15) is 9.59 Å². The maximum absolute atomic E-state index is 11.5. The summed E-state index contributed by atoms with van der Waals surface area (Å²) in [4.78, 5) is 27.4. The summed E-state index contributed by atoms with van der Waals surface area (Å²) in [6, 6.07) is 0. The molecule has 0 amide bonds. The topological polar surface area (TPSA) is 68.3 Å². The van der Waals surface area contributed by atoms with Gasteiger partial charge in [-0.05, 0) is 12.3 Å². The third-order valence-corrected chi connectivity index (χ3v) is 3.97. The first-order valence-corrected chi connectivity index (χ1v) is 6.77. The monoisotopic (exact) mass is 268 g/mol. The van der Waals surface area contributed by atoms with Crippen LogP contribution in [0, 0.1) is 5.92 Å². The lowest BCUT2D eigenvalue weighted by atomic mass is 10.3. The van der Waals surface area contributed by atoms with E-state index in [-0.39, 0.29) is 11.5 Å². The molecule has 1 saturated carbocycles. The average Bonchev–Trinajstić information content (AvgIpc) is 3.06. The van der Waals surface area contributed by atoms with Gasteiger partial charge in [-0.2, -0.15) is 0 Å². The van der Waals surface area contributed by atoms with Crippen LogP contribution in [0.4, 0.5) is 5.13 Å². The minimum atomic E-state index is -0.563. The molecule has 1 aliphatic rings. The Kier molecular flexibility index (Phi) is 3.96. The molecular weight excluding hydrogens is 252 g/mol. The Morgan fingerprint density at radius 3 is 2.78 bits per heavy atom. The van der Waals surface area contributed by atoms with Gasteiger partial charge in [-0.15, -0.1) is 0 Å². The lowest BCUT2D eigenvalue weighted by Gasteiger charge is -1.99. The van der Waals surface area contributed by atoms with Crippen molar-refractivity contribution in [3.8, 4) is 0 Å². The number of carbonyl (C=O) groups excluding carboxylic acids is 2. The van der Waals surface area contributed by atoms with Crippen LogP contribution >= 0.6 is 11.3 Å². The molecule has 0 bridgehead atoms. The second-order valence-corrected chi connectivity index (χ2v) is 5.40. The molecule has 1 heterocycles. The van der Waals surface area contributed by atoms with Gasteiger partial charge >= 0.3 is 5.97 Å². The average molecular weight is 268 g/mol. The number of ketones is 1. The second-order valence-electron chi connectivity index (χ2n) is 4.40. The van der Waals surface area contributed by atoms with Gasteiger partial charge in [-0.1, -0.05) is 24.2 Å². The summed E-state index contributed by atoms with van der Waals surface area (Å²) in [5.74, 6) is 0.111. The summed E-state index contributed by atoms with van der Waals surface area (Å²) in [5, 5.41) is 3.77. The van der Waals surface area contributed by atoms with Gasteiger partial charge in [0.2, 0.25) is 0 Å². The van der Waals surface area contributed by atoms with Gasteiger partial charge < -0.3 is 10.1 Å². The highest BCUT2D eigenvalue weighted by atomic mass is 32.1. The molecule has 1 fully saturated rings.